The zero-order valence-electron chi connectivity index (χ0n) is 12.6. The van der Waals surface area contributed by atoms with Gasteiger partial charge in [-0.15, -0.1) is 0 Å². The van der Waals surface area contributed by atoms with Crippen molar-refractivity contribution >= 4 is 17.3 Å². The van der Waals surface area contributed by atoms with E-state index in [1.165, 1.54) is 39.2 Å². The zero-order valence-corrected chi connectivity index (χ0v) is 12.6. The highest BCUT2D eigenvalue weighted by Crippen LogP contribution is 2.15. The standard InChI is InChI=1S/C16H26N2O2/c1-3-4-5-6-7-11-17-14-9-8-10-15(12-14)18-16(19)13-20-2/h8-10,12,17H,3-7,11,13H2,1-2H3,(H,18,19). The number of carbonyl (C=O) groups excluding carboxylic acids is 1. The van der Waals surface area contributed by atoms with E-state index < -0.39 is 0 Å². The van der Waals surface area contributed by atoms with Crippen LogP contribution in [0.1, 0.15) is 39.0 Å². The highest BCUT2D eigenvalue weighted by atomic mass is 16.5. The Hall–Kier alpha value is -1.55. The van der Waals surface area contributed by atoms with Crippen molar-refractivity contribution in [1.29, 1.82) is 0 Å². The van der Waals surface area contributed by atoms with Crippen molar-refractivity contribution in [3.63, 3.8) is 0 Å². The summed E-state index contributed by atoms with van der Waals surface area (Å²) in [6, 6.07) is 7.76. The van der Waals surface area contributed by atoms with Gasteiger partial charge in [0.15, 0.2) is 0 Å². The summed E-state index contributed by atoms with van der Waals surface area (Å²) in [5.41, 5.74) is 1.83. The lowest BCUT2D eigenvalue weighted by atomic mass is 10.1. The maximum atomic E-state index is 11.4. The molecule has 0 aromatic heterocycles. The Labute approximate surface area is 121 Å². The first-order chi connectivity index (χ1) is 9.76. The second-order valence-corrected chi connectivity index (χ2v) is 4.90. The summed E-state index contributed by atoms with van der Waals surface area (Å²) in [5, 5.41) is 6.18. The van der Waals surface area contributed by atoms with Gasteiger partial charge in [0.2, 0.25) is 5.91 Å². The fourth-order valence-corrected chi connectivity index (χ4v) is 2.00. The number of anilines is 2. The van der Waals surface area contributed by atoms with Crippen molar-refractivity contribution in [3.05, 3.63) is 24.3 Å². The SMILES string of the molecule is CCCCCCCNc1cccc(NC(=O)COC)c1. The summed E-state index contributed by atoms with van der Waals surface area (Å²) >= 11 is 0. The van der Waals surface area contributed by atoms with Crippen LogP contribution in [0.3, 0.4) is 0 Å². The number of amides is 1. The predicted molar refractivity (Wildman–Crippen MR) is 84.2 cm³/mol. The largest absolute Gasteiger partial charge is 0.385 e. The van der Waals surface area contributed by atoms with Crippen molar-refractivity contribution in [2.24, 2.45) is 0 Å². The third-order valence-electron chi connectivity index (χ3n) is 3.03. The summed E-state index contributed by atoms with van der Waals surface area (Å²) in [6.45, 7) is 3.27. The lowest BCUT2D eigenvalue weighted by molar-refractivity contribution is -0.119. The topological polar surface area (TPSA) is 50.4 Å². The Kier molecular flexibility index (Phi) is 8.47. The summed E-state index contributed by atoms with van der Waals surface area (Å²) < 4.78 is 4.79. The molecule has 1 aromatic rings. The van der Waals surface area contributed by atoms with Crippen LogP contribution in [0.25, 0.3) is 0 Å². The summed E-state index contributed by atoms with van der Waals surface area (Å²) in [4.78, 5) is 11.4. The third kappa shape index (κ3) is 7.14. The molecule has 112 valence electrons. The fraction of sp³-hybridized carbons (Fsp3) is 0.562. The number of hydrogen-bond donors (Lipinski definition) is 2. The van der Waals surface area contributed by atoms with Crippen molar-refractivity contribution in [2.75, 3.05) is 30.9 Å². The van der Waals surface area contributed by atoms with Crippen LogP contribution >= 0.6 is 0 Å². The van der Waals surface area contributed by atoms with Gasteiger partial charge in [0, 0.05) is 25.0 Å². The maximum absolute atomic E-state index is 11.4. The number of ether oxygens (including phenoxy) is 1. The van der Waals surface area contributed by atoms with Gasteiger partial charge in [-0.2, -0.15) is 0 Å². The minimum Gasteiger partial charge on any atom is -0.385 e. The van der Waals surface area contributed by atoms with Crippen LogP contribution in [0, 0.1) is 0 Å². The van der Waals surface area contributed by atoms with Crippen LogP contribution in [0.4, 0.5) is 11.4 Å². The monoisotopic (exact) mass is 278 g/mol. The zero-order chi connectivity index (χ0) is 14.6. The normalized spacial score (nSPS) is 10.3. The van der Waals surface area contributed by atoms with Gasteiger partial charge in [-0.25, -0.2) is 0 Å². The molecule has 0 saturated carbocycles. The Bertz CT molecular complexity index is 394. The quantitative estimate of drug-likeness (QED) is 0.642. The van der Waals surface area contributed by atoms with Crippen LogP contribution < -0.4 is 10.6 Å². The van der Waals surface area contributed by atoms with E-state index in [4.69, 9.17) is 4.74 Å². The van der Waals surface area contributed by atoms with E-state index in [9.17, 15) is 4.79 Å². The Morgan fingerprint density at radius 2 is 1.90 bits per heavy atom. The number of nitrogens with one attached hydrogen (secondary N) is 2. The molecule has 0 bridgehead atoms. The minimum absolute atomic E-state index is 0.0785. The average molecular weight is 278 g/mol. The Morgan fingerprint density at radius 3 is 2.65 bits per heavy atom. The first kappa shape index (κ1) is 16.5. The first-order valence-electron chi connectivity index (χ1n) is 7.39. The molecule has 20 heavy (non-hydrogen) atoms. The maximum Gasteiger partial charge on any atom is 0.250 e. The molecule has 0 saturated heterocycles. The van der Waals surface area contributed by atoms with E-state index in [0.29, 0.717) is 0 Å². The molecule has 0 aliphatic carbocycles. The lowest BCUT2D eigenvalue weighted by Gasteiger charge is -2.09. The number of methoxy groups -OCH3 is 1. The van der Waals surface area contributed by atoms with Crippen molar-refractivity contribution in [3.8, 4) is 0 Å². The second kappa shape index (κ2) is 10.3. The van der Waals surface area contributed by atoms with Gasteiger partial charge in [0.1, 0.15) is 6.61 Å². The number of benzene rings is 1. The Balaban J connectivity index is 2.30. The van der Waals surface area contributed by atoms with E-state index in [0.717, 1.165) is 17.9 Å². The van der Waals surface area contributed by atoms with E-state index in [2.05, 4.69) is 17.6 Å². The molecule has 2 N–H and O–H groups in total. The molecule has 0 aliphatic heterocycles. The molecule has 4 heteroatoms. The summed E-state index contributed by atoms with van der Waals surface area (Å²) in [5.74, 6) is -0.135. The van der Waals surface area contributed by atoms with Gasteiger partial charge < -0.3 is 15.4 Å². The molecule has 0 unspecified atom stereocenters. The van der Waals surface area contributed by atoms with Crippen molar-refractivity contribution in [1.82, 2.24) is 0 Å². The smallest absolute Gasteiger partial charge is 0.250 e. The third-order valence-corrected chi connectivity index (χ3v) is 3.03. The minimum atomic E-state index is -0.135. The van der Waals surface area contributed by atoms with Gasteiger partial charge >= 0.3 is 0 Å². The molecule has 0 radical (unpaired) electrons. The van der Waals surface area contributed by atoms with Crippen molar-refractivity contribution < 1.29 is 9.53 Å². The number of carbonyl (C=O) groups is 1. The van der Waals surface area contributed by atoms with Crippen LogP contribution in [-0.4, -0.2) is 26.2 Å². The lowest BCUT2D eigenvalue weighted by Crippen LogP contribution is -2.17. The van der Waals surface area contributed by atoms with Crippen LogP contribution in [0.5, 0.6) is 0 Å². The van der Waals surface area contributed by atoms with Gasteiger partial charge in [-0.1, -0.05) is 38.7 Å². The molecule has 0 aliphatic rings. The van der Waals surface area contributed by atoms with Gasteiger partial charge in [0.05, 0.1) is 0 Å². The number of unbranched alkanes of at least 4 members (excludes halogenated alkanes) is 4. The molecule has 1 amide bonds. The van der Waals surface area contributed by atoms with Crippen LogP contribution in [0.2, 0.25) is 0 Å². The van der Waals surface area contributed by atoms with E-state index in [-0.39, 0.29) is 12.5 Å². The Morgan fingerprint density at radius 1 is 1.15 bits per heavy atom. The van der Waals surface area contributed by atoms with Gasteiger partial charge in [0.25, 0.3) is 0 Å². The van der Waals surface area contributed by atoms with E-state index >= 15 is 0 Å². The molecule has 1 aromatic carbocycles. The number of rotatable bonds is 10. The highest BCUT2D eigenvalue weighted by Gasteiger charge is 2.01. The molecular weight excluding hydrogens is 252 g/mol. The summed E-state index contributed by atoms with van der Waals surface area (Å²) in [7, 11) is 1.51. The van der Waals surface area contributed by atoms with Crippen LogP contribution in [0.15, 0.2) is 24.3 Å². The second-order valence-electron chi connectivity index (χ2n) is 4.90. The van der Waals surface area contributed by atoms with Gasteiger partial charge in [-0.3, -0.25) is 4.79 Å². The van der Waals surface area contributed by atoms with Crippen molar-refractivity contribution in [2.45, 2.75) is 39.0 Å². The molecule has 1 rings (SSSR count). The number of hydrogen-bond acceptors (Lipinski definition) is 3. The summed E-state index contributed by atoms with van der Waals surface area (Å²) in [6.07, 6.45) is 6.36. The highest BCUT2D eigenvalue weighted by molar-refractivity contribution is 5.92. The molecule has 0 spiro atoms. The first-order valence-corrected chi connectivity index (χ1v) is 7.39. The fourth-order valence-electron chi connectivity index (χ4n) is 2.00. The average Bonchev–Trinajstić information content (AvgIpc) is 2.43. The van der Waals surface area contributed by atoms with E-state index in [1.807, 2.05) is 24.3 Å². The molecule has 0 fully saturated rings. The molecule has 4 nitrogen and oxygen atoms in total. The molecular formula is C16H26N2O2. The van der Waals surface area contributed by atoms with E-state index in [1.54, 1.807) is 0 Å². The van der Waals surface area contributed by atoms with Crippen LogP contribution in [-0.2, 0) is 9.53 Å². The predicted octanol–water partition coefficient (Wildman–Crippen LogP) is 3.65. The molecule has 0 atom stereocenters. The molecule has 0 heterocycles. The van der Waals surface area contributed by atoms with Gasteiger partial charge in [-0.05, 0) is 24.6 Å².